The van der Waals surface area contributed by atoms with Crippen molar-refractivity contribution >= 4 is 29.3 Å². The van der Waals surface area contributed by atoms with Gasteiger partial charge in [0.15, 0.2) is 5.76 Å². The fraction of sp³-hybridized carbons (Fsp3) is 0.286. The van der Waals surface area contributed by atoms with Crippen LogP contribution in [0.3, 0.4) is 0 Å². The lowest BCUT2D eigenvalue weighted by molar-refractivity contribution is 0.0901. The second kappa shape index (κ2) is 8.93. The van der Waals surface area contributed by atoms with Crippen molar-refractivity contribution in [3.8, 4) is 5.75 Å². The van der Waals surface area contributed by atoms with Crippen LogP contribution in [-0.4, -0.2) is 25.0 Å². The van der Waals surface area contributed by atoms with Crippen molar-refractivity contribution < 1.29 is 13.9 Å². The number of rotatable bonds is 5. The molecule has 1 aliphatic rings. The maximum Gasteiger partial charge on any atom is 0.287 e. The summed E-state index contributed by atoms with van der Waals surface area (Å²) in [5.41, 5.74) is 1.48. The average molecular weight is 387 g/mol. The van der Waals surface area contributed by atoms with Gasteiger partial charge in [0.2, 0.25) is 0 Å². The zero-order valence-electron chi connectivity index (χ0n) is 14.9. The van der Waals surface area contributed by atoms with Crippen LogP contribution in [0.1, 0.15) is 29.0 Å². The van der Waals surface area contributed by atoms with Crippen LogP contribution < -0.4 is 15.4 Å². The Morgan fingerprint density at radius 1 is 1.15 bits per heavy atom. The van der Waals surface area contributed by atoms with Gasteiger partial charge in [0.1, 0.15) is 17.9 Å². The van der Waals surface area contributed by atoms with E-state index in [1.54, 1.807) is 0 Å². The van der Waals surface area contributed by atoms with Gasteiger partial charge in [-0.3, -0.25) is 4.79 Å². The van der Waals surface area contributed by atoms with E-state index >= 15 is 0 Å². The molecule has 0 radical (unpaired) electrons. The molecule has 0 spiro atoms. The van der Waals surface area contributed by atoms with Gasteiger partial charge in [-0.25, -0.2) is 0 Å². The molecular formula is C21H23ClN2O3. The van der Waals surface area contributed by atoms with Crippen LogP contribution in [0.15, 0.2) is 59.0 Å². The Hall–Kier alpha value is -2.50. The van der Waals surface area contributed by atoms with Gasteiger partial charge >= 0.3 is 0 Å². The molecule has 3 aromatic rings. The van der Waals surface area contributed by atoms with Crippen LogP contribution in [-0.2, 0) is 6.61 Å². The van der Waals surface area contributed by atoms with Gasteiger partial charge in [0, 0.05) is 23.5 Å². The van der Waals surface area contributed by atoms with E-state index < -0.39 is 0 Å². The first-order valence-electron chi connectivity index (χ1n) is 9.01. The Balaban J connectivity index is 0.00000210. The summed E-state index contributed by atoms with van der Waals surface area (Å²) in [6, 6.07) is 17.4. The summed E-state index contributed by atoms with van der Waals surface area (Å²) in [6.07, 6.45) is 2.05. The minimum atomic E-state index is -0.179. The van der Waals surface area contributed by atoms with Crippen LogP contribution in [0.4, 0.5) is 0 Å². The topological polar surface area (TPSA) is 63.5 Å². The smallest absolute Gasteiger partial charge is 0.287 e. The molecule has 2 aromatic carbocycles. The molecule has 0 aliphatic carbocycles. The number of para-hydroxylation sites is 2. The number of furan rings is 1. The van der Waals surface area contributed by atoms with E-state index in [9.17, 15) is 4.79 Å². The van der Waals surface area contributed by atoms with Gasteiger partial charge < -0.3 is 19.8 Å². The molecule has 2 N–H and O–H groups in total. The van der Waals surface area contributed by atoms with Gasteiger partial charge in [-0.2, -0.15) is 0 Å². The number of ether oxygens (including phenoxy) is 1. The van der Waals surface area contributed by atoms with Crippen molar-refractivity contribution in [1.29, 1.82) is 0 Å². The number of benzene rings is 2. The normalized spacial score (nSPS) is 16.5. The predicted molar refractivity (Wildman–Crippen MR) is 108 cm³/mol. The fourth-order valence-corrected chi connectivity index (χ4v) is 3.32. The van der Waals surface area contributed by atoms with E-state index in [0.29, 0.717) is 11.3 Å². The molecule has 2 heterocycles. The van der Waals surface area contributed by atoms with Crippen molar-refractivity contribution in [3.63, 3.8) is 0 Å². The highest BCUT2D eigenvalue weighted by Gasteiger charge is 2.24. The molecule has 0 bridgehead atoms. The summed E-state index contributed by atoms with van der Waals surface area (Å²) in [6.45, 7) is 2.09. The molecule has 1 saturated heterocycles. The van der Waals surface area contributed by atoms with Gasteiger partial charge in [0.05, 0.1) is 0 Å². The Labute approximate surface area is 164 Å². The highest BCUT2D eigenvalue weighted by Crippen LogP contribution is 2.27. The molecule has 1 atom stereocenters. The molecule has 142 valence electrons. The number of fused-ring (bicyclic) bond motifs is 1. The summed E-state index contributed by atoms with van der Waals surface area (Å²) in [5.74, 6) is 0.926. The molecule has 1 amide bonds. The Bertz CT molecular complexity index is 889. The fourth-order valence-electron chi connectivity index (χ4n) is 3.32. The second-order valence-corrected chi connectivity index (χ2v) is 6.52. The standard InChI is InChI=1S/C21H22N2O3.ClH/c24-21(23-15-7-6-12-22-13-15)20-18(14-25-16-8-2-1-3-9-16)17-10-4-5-11-19(17)26-20;/h1-5,8-11,15,22H,6-7,12-14H2,(H,23,24);1H/t15-;/m0./s1. The highest BCUT2D eigenvalue weighted by atomic mass is 35.5. The zero-order valence-corrected chi connectivity index (χ0v) is 15.8. The van der Waals surface area contributed by atoms with E-state index in [-0.39, 0.29) is 31.0 Å². The largest absolute Gasteiger partial charge is 0.489 e. The van der Waals surface area contributed by atoms with Crippen molar-refractivity contribution in [2.24, 2.45) is 0 Å². The van der Waals surface area contributed by atoms with Crippen LogP contribution in [0.5, 0.6) is 5.75 Å². The molecule has 27 heavy (non-hydrogen) atoms. The number of carbonyl (C=O) groups is 1. The number of hydrogen-bond acceptors (Lipinski definition) is 4. The summed E-state index contributed by atoms with van der Waals surface area (Å²) in [7, 11) is 0. The number of carbonyl (C=O) groups excluding carboxylic acids is 1. The zero-order chi connectivity index (χ0) is 17.8. The van der Waals surface area contributed by atoms with Crippen molar-refractivity contribution in [2.45, 2.75) is 25.5 Å². The lowest BCUT2D eigenvalue weighted by Gasteiger charge is -2.23. The van der Waals surface area contributed by atoms with E-state index in [1.807, 2.05) is 54.6 Å². The molecule has 1 aromatic heterocycles. The third-order valence-corrected chi connectivity index (χ3v) is 4.66. The number of nitrogens with one attached hydrogen (secondary N) is 2. The van der Waals surface area contributed by atoms with Crippen LogP contribution in [0, 0.1) is 0 Å². The average Bonchev–Trinajstić information content (AvgIpc) is 3.07. The molecule has 0 unspecified atom stereocenters. The van der Waals surface area contributed by atoms with E-state index in [2.05, 4.69) is 10.6 Å². The molecule has 4 rings (SSSR count). The van der Waals surface area contributed by atoms with Gasteiger partial charge in [0.25, 0.3) is 5.91 Å². The lowest BCUT2D eigenvalue weighted by atomic mass is 10.1. The molecule has 5 nitrogen and oxygen atoms in total. The quantitative estimate of drug-likeness (QED) is 0.697. The van der Waals surface area contributed by atoms with Gasteiger partial charge in [-0.05, 0) is 37.6 Å². The van der Waals surface area contributed by atoms with Gasteiger partial charge in [-0.1, -0.05) is 36.4 Å². The molecule has 0 saturated carbocycles. The molecule has 6 heteroatoms. The summed E-state index contributed by atoms with van der Waals surface area (Å²) < 4.78 is 11.8. The summed E-state index contributed by atoms with van der Waals surface area (Å²) in [4.78, 5) is 12.8. The minimum Gasteiger partial charge on any atom is -0.489 e. The summed E-state index contributed by atoms with van der Waals surface area (Å²) >= 11 is 0. The Morgan fingerprint density at radius 3 is 2.70 bits per heavy atom. The highest BCUT2D eigenvalue weighted by molar-refractivity contribution is 5.99. The lowest BCUT2D eigenvalue weighted by Crippen LogP contribution is -2.45. The van der Waals surface area contributed by atoms with Crippen molar-refractivity contribution in [2.75, 3.05) is 13.1 Å². The number of halogens is 1. The van der Waals surface area contributed by atoms with Crippen molar-refractivity contribution in [1.82, 2.24) is 10.6 Å². The number of amides is 1. The maximum absolute atomic E-state index is 12.8. The monoisotopic (exact) mass is 386 g/mol. The van der Waals surface area contributed by atoms with Crippen LogP contribution in [0.25, 0.3) is 11.0 Å². The molecule has 1 aliphatic heterocycles. The molecule has 1 fully saturated rings. The first kappa shape index (κ1) is 19.3. The SMILES string of the molecule is Cl.O=C(N[C@H]1CCCNC1)c1oc2ccccc2c1COc1ccccc1. The molecular weight excluding hydrogens is 364 g/mol. The van der Waals surface area contributed by atoms with Crippen LogP contribution >= 0.6 is 12.4 Å². The number of hydrogen-bond donors (Lipinski definition) is 2. The third-order valence-electron chi connectivity index (χ3n) is 4.66. The Kier molecular flexibility index (Phi) is 6.37. The van der Waals surface area contributed by atoms with Gasteiger partial charge in [-0.15, -0.1) is 12.4 Å². The predicted octanol–water partition coefficient (Wildman–Crippen LogP) is 3.92. The van der Waals surface area contributed by atoms with E-state index in [4.69, 9.17) is 9.15 Å². The first-order chi connectivity index (χ1) is 12.8. The Morgan fingerprint density at radius 2 is 1.93 bits per heavy atom. The maximum atomic E-state index is 12.8. The minimum absolute atomic E-state index is 0. The van der Waals surface area contributed by atoms with E-state index in [0.717, 1.165) is 42.6 Å². The first-order valence-corrected chi connectivity index (χ1v) is 9.01. The number of piperidine rings is 1. The summed E-state index contributed by atoms with van der Waals surface area (Å²) in [5, 5.41) is 7.31. The van der Waals surface area contributed by atoms with Crippen LogP contribution in [0.2, 0.25) is 0 Å². The second-order valence-electron chi connectivity index (χ2n) is 6.52. The van der Waals surface area contributed by atoms with Crippen molar-refractivity contribution in [3.05, 3.63) is 65.9 Å². The third kappa shape index (κ3) is 4.43. The van der Waals surface area contributed by atoms with E-state index in [1.165, 1.54) is 0 Å².